The molecule has 2 aromatic rings. The van der Waals surface area contributed by atoms with Crippen LogP contribution in [0.25, 0.3) is 5.52 Å². The average Bonchev–Trinajstić information content (AvgIpc) is 2.44. The molecule has 3 nitrogen and oxygen atoms in total. The number of aromatic nitrogens is 2. The Morgan fingerprint density at radius 1 is 1.40 bits per heavy atom. The molecular formula is C11H13BrN2O. The molecule has 2 aromatic heterocycles. The monoisotopic (exact) mass is 268 g/mol. The van der Waals surface area contributed by atoms with E-state index in [-0.39, 0.29) is 6.10 Å². The minimum Gasteiger partial charge on any atom is -0.489 e. The summed E-state index contributed by atoms with van der Waals surface area (Å²) >= 11 is 3.44. The second kappa shape index (κ2) is 3.85. The molecule has 0 N–H and O–H groups in total. The predicted molar refractivity (Wildman–Crippen MR) is 63.4 cm³/mol. The highest BCUT2D eigenvalue weighted by Crippen LogP contribution is 2.26. The molecule has 4 heteroatoms. The zero-order valence-electron chi connectivity index (χ0n) is 8.99. The van der Waals surface area contributed by atoms with Gasteiger partial charge in [-0.2, -0.15) is 5.10 Å². The third-order valence-electron chi connectivity index (χ3n) is 1.99. The third-order valence-corrected chi connectivity index (χ3v) is 2.42. The van der Waals surface area contributed by atoms with Crippen molar-refractivity contribution >= 4 is 21.4 Å². The second-order valence-electron chi connectivity index (χ2n) is 3.80. The number of halogens is 1. The minimum absolute atomic E-state index is 0.165. The van der Waals surface area contributed by atoms with E-state index in [1.165, 1.54) is 0 Å². The molecule has 0 unspecified atom stereocenters. The highest BCUT2D eigenvalue weighted by atomic mass is 79.9. The highest BCUT2D eigenvalue weighted by molar-refractivity contribution is 9.10. The quantitative estimate of drug-likeness (QED) is 0.837. The summed E-state index contributed by atoms with van der Waals surface area (Å²) in [6, 6.07) is 3.99. The Hall–Kier alpha value is -1.03. The van der Waals surface area contributed by atoms with Gasteiger partial charge in [0.1, 0.15) is 11.3 Å². The Bertz CT molecular complexity index is 491. The lowest BCUT2D eigenvalue weighted by molar-refractivity contribution is 0.244. The molecule has 0 spiro atoms. The zero-order valence-corrected chi connectivity index (χ0v) is 10.6. The van der Waals surface area contributed by atoms with E-state index in [4.69, 9.17) is 4.74 Å². The Balaban J connectivity index is 2.59. The first-order valence-electron chi connectivity index (χ1n) is 4.88. The fourth-order valence-corrected chi connectivity index (χ4v) is 1.90. The lowest BCUT2D eigenvalue weighted by Gasteiger charge is -2.11. The van der Waals surface area contributed by atoms with Crippen LogP contribution in [0.15, 0.2) is 22.8 Å². The molecule has 0 saturated carbocycles. The number of pyridine rings is 1. The van der Waals surface area contributed by atoms with Gasteiger partial charge in [-0.3, -0.25) is 0 Å². The summed E-state index contributed by atoms with van der Waals surface area (Å²) in [7, 11) is 0. The molecule has 0 fully saturated rings. The van der Waals surface area contributed by atoms with E-state index in [2.05, 4.69) is 21.0 Å². The van der Waals surface area contributed by atoms with Crippen LogP contribution >= 0.6 is 15.9 Å². The largest absolute Gasteiger partial charge is 0.489 e. The summed E-state index contributed by atoms with van der Waals surface area (Å²) in [6.07, 6.45) is 2.09. The van der Waals surface area contributed by atoms with E-state index < -0.39 is 0 Å². The van der Waals surface area contributed by atoms with Crippen molar-refractivity contribution in [1.82, 2.24) is 9.61 Å². The smallest absolute Gasteiger partial charge is 0.146 e. The van der Waals surface area contributed by atoms with Crippen LogP contribution in [0.3, 0.4) is 0 Å². The number of ether oxygens (including phenoxy) is 1. The molecule has 2 rings (SSSR count). The highest BCUT2D eigenvalue weighted by Gasteiger charge is 2.08. The Morgan fingerprint density at radius 3 is 2.80 bits per heavy atom. The van der Waals surface area contributed by atoms with Crippen molar-refractivity contribution in [3.8, 4) is 5.75 Å². The van der Waals surface area contributed by atoms with Crippen molar-refractivity contribution in [2.45, 2.75) is 26.9 Å². The van der Waals surface area contributed by atoms with Gasteiger partial charge in [-0.15, -0.1) is 0 Å². The maximum Gasteiger partial charge on any atom is 0.146 e. The van der Waals surface area contributed by atoms with Gasteiger partial charge >= 0.3 is 0 Å². The lowest BCUT2D eigenvalue weighted by Crippen LogP contribution is -2.06. The average molecular weight is 269 g/mol. The topological polar surface area (TPSA) is 26.5 Å². The number of rotatable bonds is 2. The molecule has 15 heavy (non-hydrogen) atoms. The summed E-state index contributed by atoms with van der Waals surface area (Å²) < 4.78 is 8.53. The second-order valence-corrected chi connectivity index (χ2v) is 4.72. The Labute approximate surface area is 97.2 Å². The number of aryl methyl sites for hydroxylation is 1. The maximum absolute atomic E-state index is 5.73. The lowest BCUT2D eigenvalue weighted by atomic mass is 10.3. The Morgan fingerprint density at radius 2 is 2.13 bits per heavy atom. The van der Waals surface area contributed by atoms with Crippen LogP contribution in [-0.2, 0) is 0 Å². The van der Waals surface area contributed by atoms with Crippen LogP contribution in [-0.4, -0.2) is 15.7 Å². The molecule has 0 saturated heterocycles. The van der Waals surface area contributed by atoms with E-state index in [0.717, 1.165) is 21.4 Å². The predicted octanol–water partition coefficient (Wildman–Crippen LogP) is 3.19. The molecule has 0 atom stereocenters. The molecule has 0 bridgehead atoms. The summed E-state index contributed by atoms with van der Waals surface area (Å²) in [5, 5.41) is 4.35. The van der Waals surface area contributed by atoms with E-state index >= 15 is 0 Å². The normalized spacial score (nSPS) is 11.3. The van der Waals surface area contributed by atoms with E-state index in [1.54, 1.807) is 0 Å². The standard InChI is InChI=1S/C11H13BrN2O/c1-7(2)15-11-5-9(12)6-14-10(11)4-8(3)13-14/h4-7H,1-3H3. The van der Waals surface area contributed by atoms with E-state index in [0.29, 0.717) is 0 Å². The first kappa shape index (κ1) is 10.5. The molecule has 0 aliphatic heterocycles. The molecule has 0 amide bonds. The number of fused-ring (bicyclic) bond motifs is 1. The van der Waals surface area contributed by atoms with Gasteiger partial charge in [0.15, 0.2) is 0 Å². The van der Waals surface area contributed by atoms with Gasteiger partial charge in [0.25, 0.3) is 0 Å². The molecule has 0 radical (unpaired) electrons. The maximum atomic E-state index is 5.73. The summed E-state index contributed by atoms with van der Waals surface area (Å²) in [6.45, 7) is 6.00. The molecule has 2 heterocycles. The first-order chi connectivity index (χ1) is 7.06. The van der Waals surface area contributed by atoms with Crippen LogP contribution in [0.4, 0.5) is 0 Å². The minimum atomic E-state index is 0.165. The van der Waals surface area contributed by atoms with Crippen LogP contribution in [0.1, 0.15) is 19.5 Å². The summed E-state index contributed by atoms with van der Waals surface area (Å²) in [5.41, 5.74) is 1.99. The van der Waals surface area contributed by atoms with Gasteiger partial charge in [0.05, 0.1) is 11.8 Å². The molecule has 80 valence electrons. The van der Waals surface area contributed by atoms with E-state index in [1.807, 2.05) is 43.6 Å². The molecular weight excluding hydrogens is 256 g/mol. The van der Waals surface area contributed by atoms with E-state index in [9.17, 15) is 0 Å². The first-order valence-corrected chi connectivity index (χ1v) is 5.68. The van der Waals surface area contributed by atoms with Crippen molar-refractivity contribution in [1.29, 1.82) is 0 Å². The molecule has 0 aliphatic carbocycles. The van der Waals surface area contributed by atoms with Gasteiger partial charge in [0.2, 0.25) is 0 Å². The molecule has 0 aromatic carbocycles. The van der Waals surface area contributed by atoms with Crippen LogP contribution in [0, 0.1) is 6.92 Å². The number of hydrogen-bond acceptors (Lipinski definition) is 2. The van der Waals surface area contributed by atoms with Crippen molar-refractivity contribution in [3.05, 3.63) is 28.5 Å². The fourth-order valence-electron chi connectivity index (χ4n) is 1.50. The Kier molecular flexibility index (Phi) is 2.69. The fraction of sp³-hybridized carbons (Fsp3) is 0.364. The SMILES string of the molecule is Cc1cc2c(OC(C)C)cc(Br)cn2n1. The number of nitrogens with zero attached hydrogens (tertiary/aromatic N) is 2. The van der Waals surface area contributed by atoms with Gasteiger partial charge in [-0.1, -0.05) is 0 Å². The molecule has 0 aliphatic rings. The van der Waals surface area contributed by atoms with Crippen LogP contribution in [0.5, 0.6) is 5.75 Å². The van der Waals surface area contributed by atoms with Gasteiger partial charge in [-0.25, -0.2) is 4.52 Å². The van der Waals surface area contributed by atoms with Crippen molar-refractivity contribution in [2.75, 3.05) is 0 Å². The zero-order chi connectivity index (χ0) is 11.0. The van der Waals surface area contributed by atoms with Crippen molar-refractivity contribution in [3.63, 3.8) is 0 Å². The number of hydrogen-bond donors (Lipinski definition) is 0. The van der Waals surface area contributed by atoms with Gasteiger partial charge < -0.3 is 4.74 Å². The third kappa shape index (κ3) is 2.15. The van der Waals surface area contributed by atoms with Crippen LogP contribution < -0.4 is 4.74 Å². The van der Waals surface area contributed by atoms with Gasteiger partial charge in [-0.05, 0) is 48.8 Å². The summed E-state index contributed by atoms with van der Waals surface area (Å²) in [4.78, 5) is 0. The van der Waals surface area contributed by atoms with Crippen LogP contribution in [0.2, 0.25) is 0 Å². The van der Waals surface area contributed by atoms with Crippen molar-refractivity contribution < 1.29 is 4.74 Å². The summed E-state index contributed by atoms with van der Waals surface area (Å²) in [5.74, 6) is 0.861. The van der Waals surface area contributed by atoms with Crippen molar-refractivity contribution in [2.24, 2.45) is 0 Å². The van der Waals surface area contributed by atoms with Gasteiger partial charge in [0, 0.05) is 10.7 Å².